The summed E-state index contributed by atoms with van der Waals surface area (Å²) in [5.74, 6) is -1.60. The Morgan fingerprint density at radius 3 is 2.58 bits per heavy atom. The molecular weight excluding hydrogens is 247 g/mol. The number of hydrogen-bond acceptors (Lipinski definition) is 3. The molecule has 5 heteroatoms. The quantitative estimate of drug-likeness (QED) is 0.846. The molecule has 0 radical (unpaired) electrons. The van der Waals surface area contributed by atoms with Crippen LogP contribution in [-0.2, 0) is 4.79 Å². The average Bonchev–Trinajstić information content (AvgIpc) is 2.52. The SMILES string of the molecule is CC(C)(C)NCCN1C(=O)C(=O)c2ccc(F)cc21. The van der Waals surface area contributed by atoms with Crippen molar-refractivity contribution in [1.82, 2.24) is 5.32 Å². The summed E-state index contributed by atoms with van der Waals surface area (Å²) in [6.45, 7) is 6.92. The van der Waals surface area contributed by atoms with Crippen molar-refractivity contribution < 1.29 is 14.0 Å². The Bertz CT molecular complexity index is 535. The summed E-state index contributed by atoms with van der Waals surface area (Å²) in [5.41, 5.74) is 0.574. The number of benzene rings is 1. The van der Waals surface area contributed by atoms with Crippen LogP contribution in [0.4, 0.5) is 10.1 Å². The number of fused-ring (bicyclic) bond motifs is 1. The molecule has 0 spiro atoms. The van der Waals surface area contributed by atoms with Crippen molar-refractivity contribution >= 4 is 17.4 Å². The molecule has 102 valence electrons. The molecule has 1 aromatic rings. The highest BCUT2D eigenvalue weighted by Crippen LogP contribution is 2.29. The van der Waals surface area contributed by atoms with Gasteiger partial charge in [-0.25, -0.2) is 4.39 Å². The van der Waals surface area contributed by atoms with Gasteiger partial charge in [-0.15, -0.1) is 0 Å². The predicted molar refractivity (Wildman–Crippen MR) is 70.8 cm³/mol. The largest absolute Gasteiger partial charge is 0.310 e. The van der Waals surface area contributed by atoms with Gasteiger partial charge in [0, 0.05) is 18.6 Å². The number of nitrogens with one attached hydrogen (secondary N) is 1. The van der Waals surface area contributed by atoms with E-state index in [2.05, 4.69) is 5.32 Å². The Balaban J connectivity index is 2.16. The molecular formula is C14H17FN2O2. The Labute approximate surface area is 111 Å². The van der Waals surface area contributed by atoms with Crippen molar-refractivity contribution in [3.8, 4) is 0 Å². The highest BCUT2D eigenvalue weighted by atomic mass is 19.1. The third-order valence-corrected chi connectivity index (χ3v) is 2.93. The first-order valence-corrected chi connectivity index (χ1v) is 6.20. The van der Waals surface area contributed by atoms with Gasteiger partial charge < -0.3 is 10.2 Å². The first-order chi connectivity index (χ1) is 8.79. The van der Waals surface area contributed by atoms with Crippen molar-refractivity contribution in [2.75, 3.05) is 18.0 Å². The molecule has 0 fully saturated rings. The van der Waals surface area contributed by atoms with Gasteiger partial charge in [0.2, 0.25) is 0 Å². The fourth-order valence-electron chi connectivity index (χ4n) is 2.03. The third kappa shape index (κ3) is 2.81. The lowest BCUT2D eigenvalue weighted by Crippen LogP contribution is -2.42. The summed E-state index contributed by atoms with van der Waals surface area (Å²) in [4.78, 5) is 24.9. The van der Waals surface area contributed by atoms with E-state index in [9.17, 15) is 14.0 Å². The van der Waals surface area contributed by atoms with Gasteiger partial charge >= 0.3 is 0 Å². The second-order valence-corrected chi connectivity index (χ2v) is 5.62. The minimum Gasteiger partial charge on any atom is -0.310 e. The zero-order chi connectivity index (χ0) is 14.2. The second kappa shape index (κ2) is 4.74. The molecule has 0 saturated heterocycles. The van der Waals surface area contributed by atoms with E-state index in [4.69, 9.17) is 0 Å². The summed E-state index contributed by atoms with van der Waals surface area (Å²) in [5, 5.41) is 3.23. The molecule has 0 aliphatic carbocycles. The number of rotatable bonds is 3. The van der Waals surface area contributed by atoms with Crippen LogP contribution in [0, 0.1) is 5.82 Å². The van der Waals surface area contributed by atoms with Crippen molar-refractivity contribution in [3.05, 3.63) is 29.6 Å². The zero-order valence-corrected chi connectivity index (χ0v) is 11.3. The maximum atomic E-state index is 13.2. The lowest BCUT2D eigenvalue weighted by molar-refractivity contribution is -0.114. The maximum absolute atomic E-state index is 13.2. The first-order valence-electron chi connectivity index (χ1n) is 6.20. The van der Waals surface area contributed by atoms with Crippen LogP contribution in [0.3, 0.4) is 0 Å². The normalized spacial score (nSPS) is 15.1. The van der Waals surface area contributed by atoms with Gasteiger partial charge in [0.1, 0.15) is 5.82 Å². The van der Waals surface area contributed by atoms with E-state index in [-0.39, 0.29) is 11.1 Å². The summed E-state index contributed by atoms with van der Waals surface area (Å²) in [6.07, 6.45) is 0. The molecule has 1 aromatic carbocycles. The molecule has 1 aliphatic rings. The van der Waals surface area contributed by atoms with Crippen LogP contribution in [0.25, 0.3) is 0 Å². The lowest BCUT2D eigenvalue weighted by Gasteiger charge is -2.23. The van der Waals surface area contributed by atoms with E-state index < -0.39 is 17.5 Å². The van der Waals surface area contributed by atoms with Crippen LogP contribution in [-0.4, -0.2) is 30.3 Å². The number of nitrogens with zero attached hydrogens (tertiary/aromatic N) is 1. The summed E-state index contributed by atoms with van der Waals surface area (Å²) in [7, 11) is 0. The van der Waals surface area contributed by atoms with E-state index >= 15 is 0 Å². The highest BCUT2D eigenvalue weighted by Gasteiger charge is 2.35. The number of anilines is 1. The van der Waals surface area contributed by atoms with Crippen molar-refractivity contribution in [2.45, 2.75) is 26.3 Å². The van der Waals surface area contributed by atoms with Gasteiger partial charge in [0.15, 0.2) is 0 Å². The topological polar surface area (TPSA) is 49.4 Å². The van der Waals surface area contributed by atoms with Crippen molar-refractivity contribution in [1.29, 1.82) is 0 Å². The predicted octanol–water partition coefficient (Wildman–Crippen LogP) is 1.74. The zero-order valence-electron chi connectivity index (χ0n) is 11.3. The van der Waals surface area contributed by atoms with E-state index in [1.54, 1.807) is 0 Å². The molecule has 1 amide bonds. The molecule has 19 heavy (non-hydrogen) atoms. The van der Waals surface area contributed by atoms with Crippen molar-refractivity contribution in [3.63, 3.8) is 0 Å². The number of Topliss-reactive ketones (excluding diaryl/α,β-unsaturated/α-hetero) is 1. The highest BCUT2D eigenvalue weighted by molar-refractivity contribution is 6.52. The lowest BCUT2D eigenvalue weighted by atomic mass is 10.1. The smallest absolute Gasteiger partial charge is 0.299 e. The van der Waals surface area contributed by atoms with E-state index in [0.717, 1.165) is 0 Å². The first kappa shape index (κ1) is 13.7. The Morgan fingerprint density at radius 1 is 1.26 bits per heavy atom. The number of carbonyl (C=O) groups excluding carboxylic acids is 2. The van der Waals surface area contributed by atoms with Crippen LogP contribution in [0.1, 0.15) is 31.1 Å². The van der Waals surface area contributed by atoms with Gasteiger partial charge in [-0.3, -0.25) is 9.59 Å². The van der Waals surface area contributed by atoms with Gasteiger partial charge in [-0.1, -0.05) is 0 Å². The Hall–Kier alpha value is -1.75. The number of hydrogen-bond donors (Lipinski definition) is 1. The van der Waals surface area contributed by atoms with E-state index in [0.29, 0.717) is 18.8 Å². The fourth-order valence-corrected chi connectivity index (χ4v) is 2.03. The summed E-state index contributed by atoms with van der Waals surface area (Å²) < 4.78 is 13.2. The van der Waals surface area contributed by atoms with Crippen LogP contribution >= 0.6 is 0 Å². The Morgan fingerprint density at radius 2 is 1.95 bits per heavy atom. The molecule has 1 N–H and O–H groups in total. The number of ketones is 1. The third-order valence-electron chi connectivity index (χ3n) is 2.93. The second-order valence-electron chi connectivity index (χ2n) is 5.62. The average molecular weight is 264 g/mol. The van der Waals surface area contributed by atoms with Crippen molar-refractivity contribution in [2.24, 2.45) is 0 Å². The fraction of sp³-hybridized carbons (Fsp3) is 0.429. The number of amides is 1. The molecule has 0 atom stereocenters. The summed E-state index contributed by atoms with van der Waals surface area (Å²) >= 11 is 0. The summed E-state index contributed by atoms with van der Waals surface area (Å²) in [6, 6.07) is 3.79. The van der Waals surface area contributed by atoms with Gasteiger partial charge in [0.25, 0.3) is 11.7 Å². The number of halogens is 1. The molecule has 0 saturated carbocycles. The molecule has 0 unspecified atom stereocenters. The molecule has 0 bridgehead atoms. The van der Waals surface area contributed by atoms with Crippen LogP contribution < -0.4 is 10.2 Å². The molecule has 2 rings (SSSR count). The number of carbonyl (C=O) groups is 2. The molecule has 1 aliphatic heterocycles. The molecule has 4 nitrogen and oxygen atoms in total. The van der Waals surface area contributed by atoms with E-state index in [1.165, 1.54) is 23.1 Å². The van der Waals surface area contributed by atoms with Gasteiger partial charge in [-0.05, 0) is 39.0 Å². The Kier molecular flexibility index (Phi) is 3.41. The van der Waals surface area contributed by atoms with Crippen LogP contribution in [0.2, 0.25) is 0 Å². The minimum absolute atomic E-state index is 0.0719. The van der Waals surface area contributed by atoms with Crippen LogP contribution in [0.15, 0.2) is 18.2 Å². The maximum Gasteiger partial charge on any atom is 0.299 e. The van der Waals surface area contributed by atoms with Gasteiger partial charge in [-0.2, -0.15) is 0 Å². The van der Waals surface area contributed by atoms with Crippen LogP contribution in [0.5, 0.6) is 0 Å². The minimum atomic E-state index is -0.587. The molecule has 1 heterocycles. The van der Waals surface area contributed by atoms with Gasteiger partial charge in [0.05, 0.1) is 11.3 Å². The standard InChI is InChI=1S/C14H17FN2O2/c1-14(2,3)16-6-7-17-11-8-9(15)4-5-10(11)12(18)13(17)19/h4-5,8,16H,6-7H2,1-3H3. The monoisotopic (exact) mass is 264 g/mol. The van der Waals surface area contributed by atoms with E-state index in [1.807, 2.05) is 20.8 Å². The molecule has 0 aromatic heterocycles.